The molecule has 0 aromatic carbocycles. The fourth-order valence-electron chi connectivity index (χ4n) is 0.640. The molecule has 0 bridgehead atoms. The fraction of sp³-hybridized carbons (Fsp3) is 0.625. The molecule has 0 amide bonds. The van der Waals surface area contributed by atoms with E-state index in [4.69, 9.17) is 0 Å². The summed E-state index contributed by atoms with van der Waals surface area (Å²) in [5, 5.41) is 3.79. The van der Waals surface area contributed by atoms with Crippen LogP contribution in [0.5, 0.6) is 0 Å². The van der Waals surface area contributed by atoms with E-state index >= 15 is 0 Å². The van der Waals surface area contributed by atoms with Gasteiger partial charge in [0, 0.05) is 13.0 Å². The molecule has 0 rings (SSSR count). The Hall–Kier alpha value is -0.830. The quantitative estimate of drug-likeness (QED) is 0.440. The maximum atomic E-state index is 4.63. The van der Waals surface area contributed by atoms with Crippen molar-refractivity contribution in [3.63, 3.8) is 0 Å². The van der Waals surface area contributed by atoms with Gasteiger partial charge in [-0.1, -0.05) is 11.7 Å². The summed E-state index contributed by atoms with van der Waals surface area (Å²) in [6.45, 7) is 4.59. The summed E-state index contributed by atoms with van der Waals surface area (Å²) in [5.74, 6) is 0. The fourth-order valence-corrected chi connectivity index (χ4v) is 0.640. The molecule has 0 spiro atoms. The van der Waals surface area contributed by atoms with Gasteiger partial charge in [-0.3, -0.25) is 0 Å². The molecule has 3 nitrogen and oxygen atoms in total. The summed E-state index contributed by atoms with van der Waals surface area (Å²) in [5.41, 5.74) is 0.890. The van der Waals surface area contributed by atoms with Crippen molar-refractivity contribution in [1.29, 1.82) is 0 Å². The van der Waals surface area contributed by atoms with Gasteiger partial charge in [-0.15, -0.1) is 0 Å². The first kappa shape index (κ1) is 10.2. The Morgan fingerprint density at radius 2 is 2.27 bits per heavy atom. The van der Waals surface area contributed by atoms with Crippen molar-refractivity contribution in [3.05, 3.63) is 12.7 Å². The molecule has 11 heavy (non-hydrogen) atoms. The van der Waals surface area contributed by atoms with E-state index in [1.165, 1.54) is 0 Å². The van der Waals surface area contributed by atoms with Gasteiger partial charge in [0.15, 0.2) is 0 Å². The zero-order valence-electron chi connectivity index (χ0n) is 7.50. The largest absolute Gasteiger partial charge is 0.399 e. The number of allylic oxidation sites excluding steroid dienone is 1. The summed E-state index contributed by atoms with van der Waals surface area (Å²) >= 11 is 0. The highest BCUT2D eigenvalue weighted by atomic mass is 16.6. The Kier molecular flexibility index (Phi) is 5.47. The zero-order chi connectivity index (χ0) is 8.69. The smallest absolute Gasteiger partial charge is 0.106 e. The second-order valence-electron chi connectivity index (χ2n) is 2.52. The van der Waals surface area contributed by atoms with Crippen LogP contribution in [0.3, 0.4) is 0 Å². The van der Waals surface area contributed by atoms with Gasteiger partial charge in [0.2, 0.25) is 0 Å². The third-order valence-corrected chi connectivity index (χ3v) is 1.26. The van der Waals surface area contributed by atoms with Gasteiger partial charge in [-0.05, 0) is 20.2 Å². The van der Waals surface area contributed by atoms with Gasteiger partial charge >= 0.3 is 0 Å². The molecule has 0 fully saturated rings. The maximum Gasteiger partial charge on any atom is 0.106 e. The molecule has 0 atom stereocenters. The van der Waals surface area contributed by atoms with Crippen molar-refractivity contribution < 1.29 is 4.84 Å². The lowest BCUT2D eigenvalue weighted by Crippen LogP contribution is -2.15. The van der Waals surface area contributed by atoms with E-state index in [0.29, 0.717) is 0 Å². The SMILES string of the molecule is C=C/C(CCN(C)C)=N/OC. The molecular weight excluding hydrogens is 140 g/mol. The number of hydrogen-bond donors (Lipinski definition) is 0. The minimum atomic E-state index is 0.879. The van der Waals surface area contributed by atoms with Gasteiger partial charge in [0.25, 0.3) is 0 Å². The van der Waals surface area contributed by atoms with E-state index in [1.807, 2.05) is 14.1 Å². The Balaban J connectivity index is 3.70. The summed E-state index contributed by atoms with van der Waals surface area (Å²) in [7, 11) is 5.58. The molecular formula is C8H16N2O. The molecule has 0 unspecified atom stereocenters. The van der Waals surface area contributed by atoms with Crippen LogP contribution in [-0.2, 0) is 4.84 Å². The lowest BCUT2D eigenvalue weighted by molar-refractivity contribution is 0.212. The van der Waals surface area contributed by atoms with Crippen LogP contribution in [0.4, 0.5) is 0 Å². The molecule has 0 heterocycles. The summed E-state index contributed by atoms with van der Waals surface area (Å²) in [4.78, 5) is 6.72. The van der Waals surface area contributed by atoms with Crippen LogP contribution in [0.25, 0.3) is 0 Å². The van der Waals surface area contributed by atoms with Crippen molar-refractivity contribution in [2.75, 3.05) is 27.7 Å². The molecule has 0 aliphatic rings. The van der Waals surface area contributed by atoms with Gasteiger partial charge in [0.05, 0.1) is 5.71 Å². The van der Waals surface area contributed by atoms with Gasteiger partial charge < -0.3 is 9.74 Å². The normalized spacial score (nSPS) is 11.8. The minimum absolute atomic E-state index is 0.879. The average molecular weight is 156 g/mol. The zero-order valence-corrected chi connectivity index (χ0v) is 7.50. The number of hydrogen-bond acceptors (Lipinski definition) is 3. The van der Waals surface area contributed by atoms with Crippen LogP contribution in [-0.4, -0.2) is 38.4 Å². The lowest BCUT2D eigenvalue weighted by atomic mass is 10.2. The monoisotopic (exact) mass is 156 g/mol. The lowest BCUT2D eigenvalue weighted by Gasteiger charge is -2.07. The first-order valence-corrected chi connectivity index (χ1v) is 3.58. The molecule has 0 aliphatic heterocycles. The first-order valence-electron chi connectivity index (χ1n) is 3.58. The van der Waals surface area contributed by atoms with Crippen LogP contribution >= 0.6 is 0 Å². The second-order valence-corrected chi connectivity index (χ2v) is 2.52. The van der Waals surface area contributed by atoms with E-state index in [1.54, 1.807) is 13.2 Å². The van der Waals surface area contributed by atoms with Crippen LogP contribution < -0.4 is 0 Å². The number of nitrogens with zero attached hydrogens (tertiary/aromatic N) is 2. The van der Waals surface area contributed by atoms with E-state index in [0.717, 1.165) is 18.7 Å². The van der Waals surface area contributed by atoms with E-state index in [9.17, 15) is 0 Å². The molecule has 0 aromatic heterocycles. The first-order chi connectivity index (χ1) is 5.20. The highest BCUT2D eigenvalue weighted by Gasteiger charge is 1.95. The minimum Gasteiger partial charge on any atom is -0.399 e. The highest BCUT2D eigenvalue weighted by molar-refractivity contribution is 5.94. The molecule has 0 radical (unpaired) electrons. The maximum absolute atomic E-state index is 4.63. The predicted octanol–water partition coefficient (Wildman–Crippen LogP) is 1.13. The Bertz CT molecular complexity index is 141. The van der Waals surface area contributed by atoms with Crippen LogP contribution in [0, 0.1) is 0 Å². The van der Waals surface area contributed by atoms with Gasteiger partial charge in [-0.25, -0.2) is 0 Å². The van der Waals surface area contributed by atoms with Crippen molar-refractivity contribution in [2.45, 2.75) is 6.42 Å². The van der Waals surface area contributed by atoms with Gasteiger partial charge in [-0.2, -0.15) is 0 Å². The summed E-state index contributed by atoms with van der Waals surface area (Å²) < 4.78 is 0. The average Bonchev–Trinajstić information content (AvgIpc) is 1.97. The standard InChI is InChI=1S/C8H16N2O/c1-5-8(9-11-4)6-7-10(2)3/h5H,1,6-7H2,2-4H3/b9-8-. The van der Waals surface area contributed by atoms with E-state index in [-0.39, 0.29) is 0 Å². The van der Waals surface area contributed by atoms with Crippen LogP contribution in [0.1, 0.15) is 6.42 Å². The van der Waals surface area contributed by atoms with Crippen LogP contribution in [0.15, 0.2) is 17.8 Å². The summed E-state index contributed by atoms with van der Waals surface area (Å²) in [6, 6.07) is 0. The number of oxime groups is 1. The van der Waals surface area contributed by atoms with E-state index in [2.05, 4.69) is 21.5 Å². The van der Waals surface area contributed by atoms with Gasteiger partial charge in [0.1, 0.15) is 7.11 Å². The third-order valence-electron chi connectivity index (χ3n) is 1.26. The number of rotatable bonds is 5. The molecule has 0 aromatic rings. The molecule has 0 saturated heterocycles. The second kappa shape index (κ2) is 5.92. The van der Waals surface area contributed by atoms with Crippen molar-refractivity contribution in [2.24, 2.45) is 5.16 Å². The van der Waals surface area contributed by atoms with Crippen LogP contribution in [0.2, 0.25) is 0 Å². The predicted molar refractivity (Wildman–Crippen MR) is 47.8 cm³/mol. The molecule has 0 N–H and O–H groups in total. The topological polar surface area (TPSA) is 24.8 Å². The third kappa shape index (κ3) is 5.61. The van der Waals surface area contributed by atoms with Crippen molar-refractivity contribution in [1.82, 2.24) is 4.90 Å². The molecule has 0 aliphatic carbocycles. The Labute approximate surface area is 68.3 Å². The Morgan fingerprint density at radius 1 is 1.64 bits per heavy atom. The molecule has 64 valence electrons. The Morgan fingerprint density at radius 3 is 2.64 bits per heavy atom. The van der Waals surface area contributed by atoms with Crippen molar-refractivity contribution in [3.8, 4) is 0 Å². The van der Waals surface area contributed by atoms with E-state index < -0.39 is 0 Å². The molecule has 3 heteroatoms. The summed E-state index contributed by atoms with van der Waals surface area (Å²) in [6.07, 6.45) is 2.59. The van der Waals surface area contributed by atoms with Crippen molar-refractivity contribution >= 4 is 5.71 Å². The molecule has 0 saturated carbocycles. The highest BCUT2D eigenvalue weighted by Crippen LogP contribution is 1.90.